The summed E-state index contributed by atoms with van der Waals surface area (Å²) in [5.41, 5.74) is -0.783. The van der Waals surface area contributed by atoms with Crippen molar-refractivity contribution in [3.05, 3.63) is 46.5 Å². The van der Waals surface area contributed by atoms with E-state index in [-0.39, 0.29) is 30.2 Å². The van der Waals surface area contributed by atoms with Gasteiger partial charge in [0.25, 0.3) is 5.91 Å². The van der Waals surface area contributed by atoms with Crippen molar-refractivity contribution in [2.75, 3.05) is 27.6 Å². The highest BCUT2D eigenvalue weighted by atomic mass is 16.7. The highest BCUT2D eigenvalue weighted by Gasteiger charge is 2.57. The molecule has 2 aromatic carbocycles. The van der Waals surface area contributed by atoms with Crippen molar-refractivity contribution in [2.24, 2.45) is 0 Å². The van der Waals surface area contributed by atoms with Crippen LogP contribution in [0.4, 0.5) is 0 Å². The second kappa shape index (κ2) is 5.62. The van der Waals surface area contributed by atoms with E-state index in [1.807, 2.05) is 0 Å². The number of nitrogens with zero attached hydrogens (tertiary/aromatic N) is 1. The van der Waals surface area contributed by atoms with Gasteiger partial charge in [0.1, 0.15) is 0 Å². The average Bonchev–Trinajstić information content (AvgIpc) is 3.22. The van der Waals surface area contributed by atoms with Crippen LogP contribution in [0, 0.1) is 0 Å². The van der Waals surface area contributed by atoms with E-state index in [0.717, 1.165) is 0 Å². The van der Waals surface area contributed by atoms with E-state index in [1.165, 1.54) is 25.2 Å². The van der Waals surface area contributed by atoms with E-state index < -0.39 is 17.4 Å². The number of hydrogen-bond donors (Lipinski definition) is 1. The molecule has 0 unspecified atom stereocenters. The molecule has 2 aromatic rings. The number of amides is 1. The lowest BCUT2D eigenvalue weighted by atomic mass is 9.90. The molecular weight excluding hydrogens is 366 g/mol. The molecule has 5 rings (SSSR count). The Bertz CT molecular complexity index is 1050. The van der Waals surface area contributed by atoms with Gasteiger partial charge in [0.15, 0.2) is 23.0 Å². The lowest BCUT2D eigenvalue weighted by molar-refractivity contribution is -0.0537. The van der Waals surface area contributed by atoms with Crippen LogP contribution in [0.25, 0.3) is 0 Å². The Kier molecular flexibility index (Phi) is 3.39. The largest absolute Gasteiger partial charge is 0.493 e. The van der Waals surface area contributed by atoms with Crippen LogP contribution in [-0.4, -0.2) is 49.3 Å². The molecule has 0 saturated heterocycles. The molecule has 0 saturated carbocycles. The molecule has 1 N–H and O–H groups in total. The number of Topliss-reactive ketones (excluding diaryl/α,β-unsaturated/α-hetero) is 1. The first-order valence-electron chi connectivity index (χ1n) is 8.77. The van der Waals surface area contributed by atoms with Gasteiger partial charge in [0.05, 0.1) is 19.8 Å². The fourth-order valence-corrected chi connectivity index (χ4v) is 4.19. The Labute approximate surface area is 160 Å². The first-order chi connectivity index (χ1) is 13.5. The predicted molar refractivity (Wildman–Crippen MR) is 95.1 cm³/mol. The normalized spacial score (nSPS) is 21.8. The highest BCUT2D eigenvalue weighted by Crippen LogP contribution is 2.49. The number of benzene rings is 2. The molecule has 3 heterocycles. The van der Waals surface area contributed by atoms with E-state index in [0.29, 0.717) is 34.8 Å². The molecule has 0 bridgehead atoms. The van der Waals surface area contributed by atoms with Crippen LogP contribution < -0.4 is 18.9 Å². The zero-order chi connectivity index (χ0) is 19.6. The second-order valence-electron chi connectivity index (χ2n) is 6.79. The highest BCUT2D eigenvalue weighted by molar-refractivity contribution is 6.14. The summed E-state index contributed by atoms with van der Waals surface area (Å²) in [7, 11) is 2.87. The van der Waals surface area contributed by atoms with Crippen molar-refractivity contribution in [1.82, 2.24) is 4.90 Å². The monoisotopic (exact) mass is 383 g/mol. The summed E-state index contributed by atoms with van der Waals surface area (Å²) in [5.74, 6) is 0.490. The Morgan fingerprint density at radius 3 is 2.57 bits per heavy atom. The zero-order valence-electron chi connectivity index (χ0n) is 15.3. The first-order valence-corrected chi connectivity index (χ1v) is 8.77. The van der Waals surface area contributed by atoms with E-state index in [2.05, 4.69) is 0 Å². The van der Waals surface area contributed by atoms with Gasteiger partial charge in [0.2, 0.25) is 18.3 Å². The summed E-state index contributed by atoms with van der Waals surface area (Å²) in [6.07, 6.45) is 0.388. The molecule has 144 valence electrons. The summed E-state index contributed by atoms with van der Waals surface area (Å²) in [5, 5.41) is 11.5. The smallest absolute Gasteiger partial charge is 0.261 e. The summed E-state index contributed by atoms with van der Waals surface area (Å²) < 4.78 is 21.4. The SMILES string of the molecule is COc1ccc2c(c1OC)C(=O)N1CCc3cc4c(cc3C(=O)[C@@]21O)OCO4. The van der Waals surface area contributed by atoms with Crippen LogP contribution in [0.1, 0.15) is 31.8 Å². The van der Waals surface area contributed by atoms with Gasteiger partial charge < -0.3 is 24.1 Å². The van der Waals surface area contributed by atoms with Crippen molar-refractivity contribution in [1.29, 1.82) is 0 Å². The number of ketones is 1. The molecule has 1 atom stereocenters. The third-order valence-electron chi connectivity index (χ3n) is 5.54. The van der Waals surface area contributed by atoms with E-state index in [4.69, 9.17) is 18.9 Å². The summed E-state index contributed by atoms with van der Waals surface area (Å²) in [6, 6.07) is 6.42. The Hall–Kier alpha value is -3.26. The topological polar surface area (TPSA) is 94.5 Å². The van der Waals surface area contributed by atoms with Crippen molar-refractivity contribution < 1.29 is 33.6 Å². The number of fused-ring (bicyclic) bond motifs is 5. The minimum Gasteiger partial charge on any atom is -0.493 e. The van der Waals surface area contributed by atoms with Gasteiger partial charge in [-0.05, 0) is 36.2 Å². The molecule has 0 fully saturated rings. The molecule has 0 radical (unpaired) electrons. The molecule has 3 aliphatic heterocycles. The van der Waals surface area contributed by atoms with Gasteiger partial charge in [0, 0.05) is 17.7 Å². The minimum atomic E-state index is -2.12. The summed E-state index contributed by atoms with van der Waals surface area (Å²) in [6.45, 7) is 0.245. The molecule has 3 aliphatic rings. The van der Waals surface area contributed by atoms with Crippen molar-refractivity contribution in [3.63, 3.8) is 0 Å². The molecule has 0 aromatic heterocycles. The van der Waals surface area contributed by atoms with Crippen LogP contribution in [0.2, 0.25) is 0 Å². The maximum atomic E-state index is 13.5. The standard InChI is InChI=1S/C20H17NO7/c1-25-13-4-3-12-16(17(13)26-2)19(23)21-6-5-10-7-14-15(28-9-27-14)8-11(10)18(22)20(12,21)24/h3-4,7-8,24H,5-6,9H2,1-2H3/t20-/m0/s1. The van der Waals surface area contributed by atoms with Gasteiger partial charge in [-0.2, -0.15) is 0 Å². The Balaban J connectivity index is 1.73. The molecule has 28 heavy (non-hydrogen) atoms. The number of hydrogen-bond acceptors (Lipinski definition) is 7. The second-order valence-corrected chi connectivity index (χ2v) is 6.79. The minimum absolute atomic E-state index is 0.0844. The maximum absolute atomic E-state index is 13.5. The fourth-order valence-electron chi connectivity index (χ4n) is 4.19. The fraction of sp³-hybridized carbons (Fsp3) is 0.300. The van der Waals surface area contributed by atoms with Crippen molar-refractivity contribution in [3.8, 4) is 23.0 Å². The Morgan fingerprint density at radius 1 is 1.11 bits per heavy atom. The van der Waals surface area contributed by atoms with Gasteiger partial charge in [-0.1, -0.05) is 0 Å². The number of carbonyl (C=O) groups excluding carboxylic acids is 2. The van der Waals surface area contributed by atoms with E-state index >= 15 is 0 Å². The molecule has 1 amide bonds. The summed E-state index contributed by atoms with van der Waals surface area (Å²) in [4.78, 5) is 27.8. The van der Waals surface area contributed by atoms with E-state index in [9.17, 15) is 14.7 Å². The molecule has 8 heteroatoms. The van der Waals surface area contributed by atoms with Crippen LogP contribution >= 0.6 is 0 Å². The average molecular weight is 383 g/mol. The van der Waals surface area contributed by atoms with Gasteiger partial charge in [-0.15, -0.1) is 0 Å². The first kappa shape index (κ1) is 16.9. The van der Waals surface area contributed by atoms with Crippen LogP contribution in [-0.2, 0) is 12.1 Å². The number of aliphatic hydroxyl groups is 1. The lowest BCUT2D eigenvalue weighted by Crippen LogP contribution is -2.49. The van der Waals surface area contributed by atoms with Crippen LogP contribution in [0.3, 0.4) is 0 Å². The number of rotatable bonds is 2. The third-order valence-corrected chi connectivity index (χ3v) is 5.54. The number of ether oxygens (including phenoxy) is 4. The quantitative estimate of drug-likeness (QED) is 0.839. The van der Waals surface area contributed by atoms with Gasteiger partial charge in [-0.25, -0.2) is 0 Å². The number of methoxy groups -OCH3 is 2. The third kappa shape index (κ3) is 1.92. The maximum Gasteiger partial charge on any atom is 0.261 e. The van der Waals surface area contributed by atoms with Crippen molar-refractivity contribution in [2.45, 2.75) is 12.1 Å². The van der Waals surface area contributed by atoms with Crippen molar-refractivity contribution >= 4 is 11.7 Å². The lowest BCUT2D eigenvalue weighted by Gasteiger charge is -2.30. The predicted octanol–water partition coefficient (Wildman–Crippen LogP) is 1.47. The van der Waals surface area contributed by atoms with Gasteiger partial charge in [-0.3, -0.25) is 14.5 Å². The molecule has 8 nitrogen and oxygen atoms in total. The Morgan fingerprint density at radius 2 is 1.86 bits per heavy atom. The zero-order valence-corrected chi connectivity index (χ0v) is 15.3. The molecule has 0 spiro atoms. The summed E-state index contributed by atoms with van der Waals surface area (Å²) >= 11 is 0. The number of carbonyl (C=O) groups is 2. The van der Waals surface area contributed by atoms with Crippen LogP contribution in [0.15, 0.2) is 24.3 Å². The van der Waals surface area contributed by atoms with E-state index in [1.54, 1.807) is 18.2 Å². The van der Waals surface area contributed by atoms with Crippen LogP contribution in [0.5, 0.6) is 23.0 Å². The van der Waals surface area contributed by atoms with Gasteiger partial charge >= 0.3 is 0 Å². The molecular formula is C20H17NO7. The molecule has 0 aliphatic carbocycles.